The van der Waals surface area contributed by atoms with Crippen LogP contribution >= 0.6 is 23.4 Å². The van der Waals surface area contributed by atoms with Crippen LogP contribution in [0.2, 0.25) is 5.02 Å². The molecule has 0 aliphatic carbocycles. The molecule has 108 valence electrons. The molecule has 3 rings (SSSR count). The van der Waals surface area contributed by atoms with Gasteiger partial charge in [-0.3, -0.25) is 10.1 Å². The molecule has 0 aliphatic heterocycles. The largest absolute Gasteiger partial charge is 0.276 e. The first-order valence-electron chi connectivity index (χ1n) is 6.60. The molecule has 0 radical (unpaired) electrons. The van der Waals surface area contributed by atoms with E-state index in [-0.39, 0.29) is 0 Å². The topological polar surface area (TPSA) is 41.6 Å². The summed E-state index contributed by atoms with van der Waals surface area (Å²) in [7, 11) is 0. The lowest BCUT2D eigenvalue weighted by molar-refractivity contribution is 1.01. The van der Waals surface area contributed by atoms with Gasteiger partial charge in [0.2, 0.25) is 0 Å². The minimum atomic E-state index is 0.572. The normalized spacial score (nSPS) is 10.4. The second-order valence-corrected chi connectivity index (χ2v) is 5.91. The Hall–Kier alpha value is -2.22. The first-order chi connectivity index (χ1) is 10.8. The van der Waals surface area contributed by atoms with Crippen LogP contribution in [0.25, 0.3) is 22.4 Å². The molecule has 0 unspecified atom stereocenters. The van der Waals surface area contributed by atoms with Crippen molar-refractivity contribution in [2.24, 2.45) is 0 Å². The molecule has 3 aromatic rings. The van der Waals surface area contributed by atoms with Crippen molar-refractivity contribution in [3.63, 3.8) is 0 Å². The standard InChI is InChI=1S/C17H12ClN3S/c1-2-11-22-17-15(12-7-9-19-10-8-12)16(20-21-17)13-3-5-14(18)6-4-13/h1,3-10H,11H2,(H,20,21). The number of hydrogen-bond donors (Lipinski definition) is 1. The minimum Gasteiger partial charge on any atom is -0.276 e. The van der Waals surface area contributed by atoms with E-state index < -0.39 is 0 Å². The molecule has 0 fully saturated rings. The third-order valence-corrected chi connectivity index (χ3v) is 4.26. The van der Waals surface area contributed by atoms with Gasteiger partial charge in [0.05, 0.1) is 11.4 Å². The number of nitrogens with zero attached hydrogens (tertiary/aromatic N) is 2. The molecular formula is C17H12ClN3S. The van der Waals surface area contributed by atoms with Gasteiger partial charge in [0.15, 0.2) is 0 Å². The minimum absolute atomic E-state index is 0.572. The average Bonchev–Trinajstić information content (AvgIpc) is 2.98. The van der Waals surface area contributed by atoms with Crippen LogP contribution in [-0.4, -0.2) is 20.9 Å². The van der Waals surface area contributed by atoms with Gasteiger partial charge in [-0.1, -0.05) is 41.4 Å². The van der Waals surface area contributed by atoms with E-state index in [1.165, 1.54) is 11.8 Å². The van der Waals surface area contributed by atoms with Crippen molar-refractivity contribution < 1.29 is 0 Å². The Bertz CT molecular complexity index is 804. The van der Waals surface area contributed by atoms with Gasteiger partial charge in [0, 0.05) is 28.5 Å². The Labute approximate surface area is 138 Å². The Kier molecular flexibility index (Phi) is 4.47. The Morgan fingerprint density at radius 1 is 1.09 bits per heavy atom. The van der Waals surface area contributed by atoms with Crippen molar-refractivity contribution >= 4 is 23.4 Å². The van der Waals surface area contributed by atoms with E-state index in [0.717, 1.165) is 27.4 Å². The number of thioether (sulfide) groups is 1. The molecule has 2 aromatic heterocycles. The van der Waals surface area contributed by atoms with E-state index in [1.807, 2.05) is 36.4 Å². The van der Waals surface area contributed by atoms with Gasteiger partial charge in [-0.15, -0.1) is 6.42 Å². The molecule has 3 nitrogen and oxygen atoms in total. The van der Waals surface area contributed by atoms with Crippen molar-refractivity contribution in [3.8, 4) is 34.7 Å². The van der Waals surface area contributed by atoms with Crippen LogP contribution in [0, 0.1) is 12.3 Å². The van der Waals surface area contributed by atoms with Crippen molar-refractivity contribution in [2.45, 2.75) is 5.03 Å². The highest BCUT2D eigenvalue weighted by Gasteiger charge is 2.16. The lowest BCUT2D eigenvalue weighted by Gasteiger charge is -2.06. The molecule has 22 heavy (non-hydrogen) atoms. The van der Waals surface area contributed by atoms with Crippen LogP contribution in [0.5, 0.6) is 0 Å². The maximum absolute atomic E-state index is 5.97. The van der Waals surface area contributed by atoms with Crippen LogP contribution in [-0.2, 0) is 0 Å². The van der Waals surface area contributed by atoms with Gasteiger partial charge in [-0.05, 0) is 29.8 Å². The molecule has 2 heterocycles. The van der Waals surface area contributed by atoms with Gasteiger partial charge >= 0.3 is 0 Å². The molecule has 1 N–H and O–H groups in total. The molecule has 1 aromatic carbocycles. The fraction of sp³-hybridized carbons (Fsp3) is 0.0588. The first kappa shape index (κ1) is 14.7. The van der Waals surface area contributed by atoms with E-state index >= 15 is 0 Å². The zero-order valence-electron chi connectivity index (χ0n) is 11.6. The maximum Gasteiger partial charge on any atom is 0.127 e. The van der Waals surface area contributed by atoms with Gasteiger partial charge in [-0.25, -0.2) is 0 Å². The maximum atomic E-state index is 5.97. The van der Waals surface area contributed by atoms with Crippen LogP contribution in [0.3, 0.4) is 0 Å². The second kappa shape index (κ2) is 6.69. The Morgan fingerprint density at radius 2 is 1.82 bits per heavy atom. The fourth-order valence-electron chi connectivity index (χ4n) is 2.15. The monoisotopic (exact) mass is 325 g/mol. The van der Waals surface area contributed by atoms with Gasteiger partial charge < -0.3 is 0 Å². The molecule has 0 aliphatic rings. The molecule has 0 spiro atoms. The number of pyridine rings is 1. The van der Waals surface area contributed by atoms with Crippen LogP contribution < -0.4 is 0 Å². The summed E-state index contributed by atoms with van der Waals surface area (Å²) < 4.78 is 0. The number of benzene rings is 1. The second-order valence-electron chi connectivity index (χ2n) is 4.51. The van der Waals surface area contributed by atoms with E-state index in [2.05, 4.69) is 21.1 Å². The van der Waals surface area contributed by atoms with Crippen LogP contribution in [0.1, 0.15) is 0 Å². The quantitative estimate of drug-likeness (QED) is 0.566. The van der Waals surface area contributed by atoms with E-state index in [1.54, 1.807) is 12.4 Å². The summed E-state index contributed by atoms with van der Waals surface area (Å²) in [6.45, 7) is 0. The van der Waals surface area contributed by atoms with Crippen molar-refractivity contribution in [2.75, 3.05) is 5.75 Å². The lowest BCUT2D eigenvalue weighted by atomic mass is 10.0. The van der Waals surface area contributed by atoms with Crippen molar-refractivity contribution in [3.05, 3.63) is 53.8 Å². The van der Waals surface area contributed by atoms with Gasteiger partial charge in [0.1, 0.15) is 5.03 Å². The number of halogens is 1. The number of aromatic nitrogens is 3. The van der Waals surface area contributed by atoms with Crippen LogP contribution in [0.4, 0.5) is 0 Å². The summed E-state index contributed by atoms with van der Waals surface area (Å²) in [5.74, 6) is 3.20. The summed E-state index contributed by atoms with van der Waals surface area (Å²) in [5.41, 5.74) is 4.05. The Morgan fingerprint density at radius 3 is 2.50 bits per heavy atom. The smallest absolute Gasteiger partial charge is 0.127 e. The Balaban J connectivity index is 2.12. The molecule has 0 bridgehead atoms. The average molecular weight is 326 g/mol. The molecule has 0 atom stereocenters. The zero-order chi connectivity index (χ0) is 15.4. The fourth-order valence-corrected chi connectivity index (χ4v) is 2.97. The summed E-state index contributed by atoms with van der Waals surface area (Å²) in [4.78, 5) is 4.07. The zero-order valence-corrected chi connectivity index (χ0v) is 13.2. The summed E-state index contributed by atoms with van der Waals surface area (Å²) in [5, 5.41) is 9.12. The summed E-state index contributed by atoms with van der Waals surface area (Å²) >= 11 is 7.50. The number of rotatable bonds is 4. The van der Waals surface area contributed by atoms with Crippen molar-refractivity contribution in [1.82, 2.24) is 15.2 Å². The number of hydrogen-bond acceptors (Lipinski definition) is 3. The van der Waals surface area contributed by atoms with E-state index in [4.69, 9.17) is 18.0 Å². The number of aromatic amines is 1. The third-order valence-electron chi connectivity index (χ3n) is 3.13. The van der Waals surface area contributed by atoms with Gasteiger partial charge in [0.25, 0.3) is 0 Å². The number of terminal acetylenes is 1. The lowest BCUT2D eigenvalue weighted by Crippen LogP contribution is -1.85. The summed E-state index contributed by atoms with van der Waals surface area (Å²) in [6, 6.07) is 11.6. The van der Waals surface area contributed by atoms with Gasteiger partial charge in [-0.2, -0.15) is 5.10 Å². The third kappa shape index (κ3) is 3.01. The van der Waals surface area contributed by atoms with Crippen molar-refractivity contribution in [1.29, 1.82) is 0 Å². The highest BCUT2D eigenvalue weighted by Crippen LogP contribution is 2.37. The predicted octanol–water partition coefficient (Wildman–Crippen LogP) is 4.52. The predicted molar refractivity (Wildman–Crippen MR) is 91.8 cm³/mol. The number of H-pyrrole nitrogens is 1. The number of nitrogens with one attached hydrogen (secondary N) is 1. The van der Waals surface area contributed by atoms with E-state index in [0.29, 0.717) is 10.8 Å². The molecule has 5 heteroatoms. The first-order valence-corrected chi connectivity index (χ1v) is 7.97. The molecular weight excluding hydrogens is 314 g/mol. The molecule has 0 saturated heterocycles. The highest BCUT2D eigenvalue weighted by atomic mass is 35.5. The molecule has 0 saturated carbocycles. The molecule has 0 amide bonds. The summed E-state index contributed by atoms with van der Waals surface area (Å²) in [6.07, 6.45) is 8.90. The SMILES string of the molecule is C#CCSc1n[nH]c(-c2ccc(Cl)cc2)c1-c1ccncc1. The highest BCUT2D eigenvalue weighted by molar-refractivity contribution is 7.99. The van der Waals surface area contributed by atoms with E-state index in [9.17, 15) is 0 Å². The van der Waals surface area contributed by atoms with Crippen LogP contribution in [0.15, 0.2) is 53.8 Å².